The molecule has 1 atom stereocenters. The summed E-state index contributed by atoms with van der Waals surface area (Å²) < 4.78 is 11.7. The Bertz CT molecular complexity index is 997. The van der Waals surface area contributed by atoms with E-state index in [0.717, 1.165) is 36.3 Å². The highest BCUT2D eigenvalue weighted by atomic mass is 127. The molecular formula is C25H31IN4O3. The number of rotatable bonds is 8. The maximum Gasteiger partial charge on any atom is 0.243 e. The van der Waals surface area contributed by atoms with Crippen molar-refractivity contribution >= 4 is 41.5 Å². The van der Waals surface area contributed by atoms with E-state index in [1.165, 1.54) is 0 Å². The smallest absolute Gasteiger partial charge is 0.243 e. The first-order chi connectivity index (χ1) is 15.6. The summed E-state index contributed by atoms with van der Waals surface area (Å²) in [6.07, 6.45) is 7.68. The van der Waals surface area contributed by atoms with E-state index in [0.29, 0.717) is 30.4 Å². The van der Waals surface area contributed by atoms with Crippen LogP contribution < -0.4 is 20.7 Å². The molecule has 33 heavy (non-hydrogen) atoms. The summed E-state index contributed by atoms with van der Waals surface area (Å²) in [6, 6.07) is 13.3. The highest BCUT2D eigenvalue weighted by molar-refractivity contribution is 14.0. The van der Waals surface area contributed by atoms with Gasteiger partial charge in [0.2, 0.25) is 5.91 Å². The van der Waals surface area contributed by atoms with Crippen LogP contribution in [0.25, 0.3) is 0 Å². The molecule has 2 aromatic rings. The van der Waals surface area contributed by atoms with Crippen molar-refractivity contribution in [2.45, 2.75) is 32.4 Å². The van der Waals surface area contributed by atoms with E-state index >= 15 is 0 Å². The maximum absolute atomic E-state index is 12.3. The van der Waals surface area contributed by atoms with Crippen LogP contribution in [0.2, 0.25) is 0 Å². The zero-order chi connectivity index (χ0) is 22.8. The summed E-state index contributed by atoms with van der Waals surface area (Å²) in [5, 5.41) is 9.07. The van der Waals surface area contributed by atoms with Gasteiger partial charge in [-0.1, -0.05) is 24.1 Å². The van der Waals surface area contributed by atoms with Gasteiger partial charge in [-0.15, -0.1) is 30.4 Å². The van der Waals surface area contributed by atoms with E-state index in [4.69, 9.17) is 15.9 Å². The molecule has 0 spiro atoms. The lowest BCUT2D eigenvalue weighted by atomic mass is 10.1. The SMILES string of the molecule is C#Cc1cccc(NC(=O)CNC(=NC)NCc2ccc(C)cc2OCC2CCCO2)c1.I. The van der Waals surface area contributed by atoms with Gasteiger partial charge in [0, 0.05) is 37.0 Å². The average molecular weight is 562 g/mol. The molecule has 7 nitrogen and oxygen atoms in total. The number of benzene rings is 2. The van der Waals surface area contributed by atoms with Crippen LogP contribution in [-0.2, 0) is 16.1 Å². The summed E-state index contributed by atoms with van der Waals surface area (Å²) in [6.45, 7) is 3.96. The second-order valence-electron chi connectivity index (χ2n) is 7.61. The third-order valence-electron chi connectivity index (χ3n) is 5.07. The second kappa shape index (κ2) is 13.7. The number of hydrogen-bond donors (Lipinski definition) is 3. The van der Waals surface area contributed by atoms with Crippen LogP contribution in [0.3, 0.4) is 0 Å². The molecule has 176 valence electrons. The van der Waals surface area contributed by atoms with E-state index in [1.54, 1.807) is 25.2 Å². The van der Waals surface area contributed by atoms with Gasteiger partial charge in [0.1, 0.15) is 12.4 Å². The summed E-state index contributed by atoms with van der Waals surface area (Å²) in [7, 11) is 1.66. The predicted molar refractivity (Wildman–Crippen MR) is 142 cm³/mol. The standard InChI is InChI=1S/C25H30N4O3.HI/c1-4-19-7-5-8-21(14-19)29-24(30)16-28-25(26-3)27-15-20-11-10-18(2)13-23(20)32-17-22-9-6-12-31-22;/h1,5,7-8,10-11,13-14,22H,6,9,12,15-17H2,2-3H3,(H,29,30)(H2,26,27,28);1H. The van der Waals surface area contributed by atoms with Crippen LogP contribution in [0.1, 0.15) is 29.5 Å². The molecule has 1 amide bonds. The Morgan fingerprint density at radius 1 is 1.27 bits per heavy atom. The first-order valence-corrected chi connectivity index (χ1v) is 10.7. The number of amides is 1. The lowest BCUT2D eigenvalue weighted by Gasteiger charge is -2.17. The average Bonchev–Trinajstić information content (AvgIpc) is 3.32. The van der Waals surface area contributed by atoms with Gasteiger partial charge in [0.15, 0.2) is 5.96 Å². The number of halogens is 1. The molecule has 0 aromatic heterocycles. The molecule has 8 heteroatoms. The van der Waals surface area contributed by atoms with Crippen LogP contribution in [0, 0.1) is 19.3 Å². The summed E-state index contributed by atoms with van der Waals surface area (Å²) in [5.74, 6) is 3.70. The van der Waals surface area contributed by atoms with E-state index in [2.05, 4.69) is 26.9 Å². The van der Waals surface area contributed by atoms with Gasteiger partial charge in [-0.2, -0.15) is 0 Å². The fourth-order valence-electron chi connectivity index (χ4n) is 3.36. The number of aryl methyl sites for hydroxylation is 1. The molecule has 1 aliphatic rings. The highest BCUT2D eigenvalue weighted by Gasteiger charge is 2.17. The van der Waals surface area contributed by atoms with Gasteiger partial charge < -0.3 is 25.4 Å². The number of nitrogens with zero attached hydrogens (tertiary/aromatic N) is 1. The molecule has 3 rings (SSSR count). The molecule has 1 saturated heterocycles. The molecule has 3 N–H and O–H groups in total. The molecule has 1 fully saturated rings. The third kappa shape index (κ3) is 8.59. The number of carbonyl (C=O) groups excluding carboxylic acids is 1. The zero-order valence-corrected chi connectivity index (χ0v) is 21.3. The number of carbonyl (C=O) groups is 1. The van der Waals surface area contributed by atoms with Gasteiger partial charge in [-0.3, -0.25) is 9.79 Å². The summed E-state index contributed by atoms with van der Waals surface area (Å²) in [4.78, 5) is 16.5. The molecule has 1 aliphatic heterocycles. The molecule has 2 aromatic carbocycles. The van der Waals surface area contributed by atoms with E-state index in [-0.39, 0.29) is 42.5 Å². The lowest BCUT2D eigenvalue weighted by molar-refractivity contribution is -0.115. The summed E-state index contributed by atoms with van der Waals surface area (Å²) in [5.41, 5.74) is 3.50. The Morgan fingerprint density at radius 3 is 2.85 bits per heavy atom. The molecule has 0 saturated carbocycles. The first kappa shape index (κ1) is 26.5. The molecule has 1 heterocycles. The number of aliphatic imine (C=N–C) groups is 1. The molecule has 0 aliphatic carbocycles. The van der Waals surface area contributed by atoms with Crippen molar-refractivity contribution in [3.05, 3.63) is 59.2 Å². The molecular weight excluding hydrogens is 531 g/mol. The van der Waals surface area contributed by atoms with Crippen molar-refractivity contribution in [2.75, 3.05) is 32.1 Å². The fourth-order valence-corrected chi connectivity index (χ4v) is 3.36. The number of ether oxygens (including phenoxy) is 2. The topological polar surface area (TPSA) is 84.0 Å². The number of hydrogen-bond acceptors (Lipinski definition) is 4. The van der Waals surface area contributed by atoms with E-state index in [1.807, 2.05) is 31.2 Å². The van der Waals surface area contributed by atoms with E-state index in [9.17, 15) is 4.79 Å². The van der Waals surface area contributed by atoms with Crippen LogP contribution in [0.15, 0.2) is 47.5 Å². The molecule has 0 radical (unpaired) electrons. The Kier molecular flexibility index (Phi) is 11.0. The van der Waals surface area contributed by atoms with Crippen molar-refractivity contribution < 1.29 is 14.3 Å². The van der Waals surface area contributed by atoms with Crippen molar-refractivity contribution in [1.29, 1.82) is 0 Å². The minimum Gasteiger partial charge on any atom is -0.491 e. The predicted octanol–water partition coefficient (Wildman–Crippen LogP) is 3.46. The zero-order valence-electron chi connectivity index (χ0n) is 19.0. The van der Waals surface area contributed by atoms with Crippen molar-refractivity contribution in [1.82, 2.24) is 10.6 Å². The molecule has 0 bridgehead atoms. The van der Waals surface area contributed by atoms with Crippen molar-refractivity contribution in [2.24, 2.45) is 4.99 Å². The van der Waals surface area contributed by atoms with Crippen LogP contribution >= 0.6 is 24.0 Å². The molecule has 1 unspecified atom stereocenters. The van der Waals surface area contributed by atoms with Gasteiger partial charge in [-0.05, 0) is 49.6 Å². The van der Waals surface area contributed by atoms with Crippen LogP contribution in [-0.4, -0.2) is 44.8 Å². The van der Waals surface area contributed by atoms with Gasteiger partial charge in [-0.25, -0.2) is 0 Å². The number of nitrogens with one attached hydrogen (secondary N) is 3. The largest absolute Gasteiger partial charge is 0.491 e. The first-order valence-electron chi connectivity index (χ1n) is 10.7. The quantitative estimate of drug-likeness (QED) is 0.199. The normalized spacial score (nSPS) is 15.2. The van der Waals surface area contributed by atoms with Crippen molar-refractivity contribution in [3.8, 4) is 18.1 Å². The minimum absolute atomic E-state index is 0. The minimum atomic E-state index is -0.196. The Morgan fingerprint density at radius 2 is 2.12 bits per heavy atom. The lowest BCUT2D eigenvalue weighted by Crippen LogP contribution is -2.41. The van der Waals surface area contributed by atoms with Crippen LogP contribution in [0.5, 0.6) is 5.75 Å². The Balaban J connectivity index is 0.00000385. The number of guanidine groups is 1. The third-order valence-corrected chi connectivity index (χ3v) is 5.07. The fraction of sp³-hybridized carbons (Fsp3) is 0.360. The highest BCUT2D eigenvalue weighted by Crippen LogP contribution is 2.22. The Labute approximate surface area is 212 Å². The maximum atomic E-state index is 12.3. The van der Waals surface area contributed by atoms with Crippen molar-refractivity contribution in [3.63, 3.8) is 0 Å². The second-order valence-corrected chi connectivity index (χ2v) is 7.61. The monoisotopic (exact) mass is 562 g/mol. The van der Waals surface area contributed by atoms with Crippen LogP contribution in [0.4, 0.5) is 5.69 Å². The van der Waals surface area contributed by atoms with Gasteiger partial charge >= 0.3 is 0 Å². The number of anilines is 1. The van der Waals surface area contributed by atoms with E-state index < -0.39 is 0 Å². The Hall–Kier alpha value is -2.77. The summed E-state index contributed by atoms with van der Waals surface area (Å²) >= 11 is 0. The van der Waals surface area contributed by atoms with Gasteiger partial charge in [0.25, 0.3) is 0 Å². The number of terminal acetylenes is 1. The van der Waals surface area contributed by atoms with Gasteiger partial charge in [0.05, 0.1) is 12.6 Å².